The molecule has 0 fully saturated rings. The lowest BCUT2D eigenvalue weighted by molar-refractivity contribution is -0.137. The van der Waals surface area contributed by atoms with E-state index in [1.54, 1.807) is 7.05 Å². The zero-order valence-corrected chi connectivity index (χ0v) is 12.7. The molecule has 0 aliphatic heterocycles. The van der Waals surface area contributed by atoms with Crippen LogP contribution in [-0.2, 0) is 6.18 Å². The van der Waals surface area contributed by atoms with Gasteiger partial charge in [-0.15, -0.1) is 0 Å². The molecule has 0 atom stereocenters. The SMILES string of the molecule is C=C(NC)c1cc(F)ccc1Nc1cc(Cl)ncc1C(F)(F)F. The van der Waals surface area contributed by atoms with Crippen LogP contribution in [0.3, 0.4) is 0 Å². The third-order valence-electron chi connectivity index (χ3n) is 3.05. The summed E-state index contributed by atoms with van der Waals surface area (Å²) in [5, 5.41) is 5.25. The molecule has 2 N–H and O–H groups in total. The van der Waals surface area contributed by atoms with E-state index in [1.165, 1.54) is 6.07 Å². The average Bonchev–Trinajstić information content (AvgIpc) is 2.47. The van der Waals surface area contributed by atoms with Crippen LogP contribution < -0.4 is 10.6 Å². The smallest absolute Gasteiger partial charge is 0.388 e. The Kier molecular flexibility index (Phi) is 4.79. The molecule has 3 nitrogen and oxygen atoms in total. The van der Waals surface area contributed by atoms with Crippen LogP contribution in [0.5, 0.6) is 0 Å². The maximum absolute atomic E-state index is 13.4. The van der Waals surface area contributed by atoms with E-state index < -0.39 is 17.6 Å². The first-order valence-corrected chi connectivity index (χ1v) is 6.76. The maximum Gasteiger partial charge on any atom is 0.419 e. The van der Waals surface area contributed by atoms with Gasteiger partial charge in [-0.1, -0.05) is 18.2 Å². The third-order valence-corrected chi connectivity index (χ3v) is 3.26. The van der Waals surface area contributed by atoms with E-state index in [4.69, 9.17) is 11.6 Å². The largest absolute Gasteiger partial charge is 0.419 e. The number of anilines is 2. The predicted octanol–water partition coefficient (Wildman–Crippen LogP) is 4.83. The summed E-state index contributed by atoms with van der Waals surface area (Å²) < 4.78 is 52.6. The summed E-state index contributed by atoms with van der Waals surface area (Å²) in [6, 6.07) is 4.67. The molecule has 0 amide bonds. The van der Waals surface area contributed by atoms with Gasteiger partial charge in [-0.05, 0) is 24.3 Å². The fourth-order valence-electron chi connectivity index (χ4n) is 1.91. The number of benzene rings is 1. The van der Waals surface area contributed by atoms with Gasteiger partial charge in [0.1, 0.15) is 11.0 Å². The first-order valence-electron chi connectivity index (χ1n) is 6.38. The highest BCUT2D eigenvalue weighted by atomic mass is 35.5. The second-order valence-corrected chi connectivity index (χ2v) is 4.98. The molecule has 1 aromatic carbocycles. The van der Waals surface area contributed by atoms with Crippen LogP contribution in [0.2, 0.25) is 5.15 Å². The van der Waals surface area contributed by atoms with E-state index in [0.29, 0.717) is 17.5 Å². The second-order valence-electron chi connectivity index (χ2n) is 4.59. The van der Waals surface area contributed by atoms with Crippen molar-refractivity contribution < 1.29 is 17.6 Å². The molecule has 0 saturated carbocycles. The molecule has 8 heteroatoms. The summed E-state index contributed by atoms with van der Waals surface area (Å²) >= 11 is 5.68. The van der Waals surface area contributed by atoms with Crippen molar-refractivity contribution in [2.75, 3.05) is 12.4 Å². The van der Waals surface area contributed by atoms with Crippen LogP contribution in [-0.4, -0.2) is 12.0 Å². The van der Waals surface area contributed by atoms with Crippen molar-refractivity contribution in [3.05, 3.63) is 59.1 Å². The minimum absolute atomic E-state index is 0.100. The lowest BCUT2D eigenvalue weighted by atomic mass is 10.1. The van der Waals surface area contributed by atoms with Gasteiger partial charge in [-0.25, -0.2) is 9.37 Å². The van der Waals surface area contributed by atoms with Gasteiger partial charge >= 0.3 is 6.18 Å². The summed E-state index contributed by atoms with van der Waals surface area (Å²) in [7, 11) is 1.57. The zero-order chi connectivity index (χ0) is 17.2. The number of hydrogen-bond acceptors (Lipinski definition) is 3. The Morgan fingerprint density at radius 2 is 1.91 bits per heavy atom. The number of nitrogens with one attached hydrogen (secondary N) is 2. The fourth-order valence-corrected chi connectivity index (χ4v) is 2.07. The van der Waals surface area contributed by atoms with Crippen LogP contribution >= 0.6 is 11.6 Å². The van der Waals surface area contributed by atoms with Crippen LogP contribution in [0.1, 0.15) is 11.1 Å². The first-order chi connectivity index (χ1) is 10.7. The topological polar surface area (TPSA) is 37.0 Å². The summed E-state index contributed by atoms with van der Waals surface area (Å²) in [5.74, 6) is -0.536. The van der Waals surface area contributed by atoms with Gasteiger partial charge in [-0.3, -0.25) is 0 Å². The van der Waals surface area contributed by atoms with Crippen LogP contribution in [0.15, 0.2) is 37.0 Å². The fraction of sp³-hybridized carbons (Fsp3) is 0.133. The van der Waals surface area contributed by atoms with E-state index in [2.05, 4.69) is 22.2 Å². The van der Waals surface area contributed by atoms with Gasteiger partial charge in [0, 0.05) is 30.2 Å². The molecule has 2 aromatic rings. The molecule has 23 heavy (non-hydrogen) atoms. The molecule has 122 valence electrons. The lowest BCUT2D eigenvalue weighted by Crippen LogP contribution is -2.11. The van der Waals surface area contributed by atoms with Gasteiger partial charge in [0.05, 0.1) is 11.3 Å². The van der Waals surface area contributed by atoms with Crippen molar-refractivity contribution in [2.24, 2.45) is 0 Å². The molecule has 0 aliphatic carbocycles. The van der Waals surface area contributed by atoms with Crippen molar-refractivity contribution in [3.8, 4) is 0 Å². The number of nitrogens with zero attached hydrogens (tertiary/aromatic N) is 1. The monoisotopic (exact) mass is 345 g/mol. The molecule has 0 aliphatic rings. The average molecular weight is 346 g/mol. The van der Waals surface area contributed by atoms with Gasteiger partial charge in [0.2, 0.25) is 0 Å². The van der Waals surface area contributed by atoms with Crippen molar-refractivity contribution in [2.45, 2.75) is 6.18 Å². The molecule has 0 bridgehead atoms. The quantitative estimate of drug-likeness (QED) is 0.616. The number of pyridine rings is 1. The number of alkyl halides is 3. The molecule has 0 spiro atoms. The maximum atomic E-state index is 13.4. The highest BCUT2D eigenvalue weighted by Gasteiger charge is 2.34. The highest BCUT2D eigenvalue weighted by Crippen LogP contribution is 2.37. The van der Waals surface area contributed by atoms with Crippen molar-refractivity contribution in [1.29, 1.82) is 0 Å². The second kappa shape index (κ2) is 6.45. The Morgan fingerprint density at radius 3 is 2.52 bits per heavy atom. The Labute approximate surface area is 135 Å². The molecule has 2 rings (SSSR count). The van der Waals surface area contributed by atoms with Gasteiger partial charge < -0.3 is 10.6 Å². The molecule has 0 saturated heterocycles. The van der Waals surface area contributed by atoms with E-state index >= 15 is 0 Å². The standard InChI is InChI=1S/C15H12ClF4N3/c1-8(21-2)10-5-9(17)3-4-12(10)23-13-6-14(16)22-7-11(13)15(18,19)20/h3-7,21H,1H2,2H3,(H,22,23). The molecule has 1 heterocycles. The van der Waals surface area contributed by atoms with E-state index in [-0.39, 0.29) is 16.5 Å². The lowest BCUT2D eigenvalue weighted by Gasteiger charge is -2.17. The molecular formula is C15H12ClF4N3. The summed E-state index contributed by atoms with van der Waals surface area (Å²) in [6.07, 6.45) is -3.97. The van der Waals surface area contributed by atoms with Crippen LogP contribution in [0.4, 0.5) is 28.9 Å². The van der Waals surface area contributed by atoms with Crippen molar-refractivity contribution in [1.82, 2.24) is 10.3 Å². The van der Waals surface area contributed by atoms with Crippen molar-refractivity contribution >= 4 is 28.7 Å². The Morgan fingerprint density at radius 1 is 1.22 bits per heavy atom. The minimum atomic E-state index is -4.61. The first kappa shape index (κ1) is 17.1. The van der Waals surface area contributed by atoms with Gasteiger partial charge in [0.15, 0.2) is 0 Å². The van der Waals surface area contributed by atoms with E-state index in [0.717, 1.165) is 18.2 Å². The molecule has 0 radical (unpaired) electrons. The van der Waals surface area contributed by atoms with Crippen LogP contribution in [0.25, 0.3) is 5.70 Å². The van der Waals surface area contributed by atoms with Crippen molar-refractivity contribution in [3.63, 3.8) is 0 Å². The number of aromatic nitrogens is 1. The number of hydrogen-bond donors (Lipinski definition) is 2. The highest BCUT2D eigenvalue weighted by molar-refractivity contribution is 6.29. The minimum Gasteiger partial charge on any atom is -0.388 e. The third kappa shape index (κ3) is 3.92. The Bertz CT molecular complexity index is 744. The molecular weight excluding hydrogens is 334 g/mol. The zero-order valence-electron chi connectivity index (χ0n) is 11.9. The van der Waals surface area contributed by atoms with E-state index in [9.17, 15) is 17.6 Å². The summed E-state index contributed by atoms with van der Waals surface area (Å²) in [4.78, 5) is 3.45. The molecule has 0 unspecified atom stereocenters. The number of halogens is 5. The Hall–Kier alpha value is -2.28. The Balaban J connectivity index is 2.52. The summed E-state index contributed by atoms with van der Waals surface area (Å²) in [6.45, 7) is 3.70. The van der Waals surface area contributed by atoms with Crippen LogP contribution in [0, 0.1) is 5.82 Å². The predicted molar refractivity (Wildman–Crippen MR) is 82.0 cm³/mol. The molecule has 1 aromatic heterocycles. The van der Waals surface area contributed by atoms with Gasteiger partial charge in [0.25, 0.3) is 0 Å². The number of rotatable bonds is 4. The van der Waals surface area contributed by atoms with Gasteiger partial charge in [-0.2, -0.15) is 13.2 Å². The van der Waals surface area contributed by atoms with E-state index in [1.807, 2.05) is 0 Å². The normalized spacial score (nSPS) is 11.2. The summed E-state index contributed by atoms with van der Waals surface area (Å²) in [5.41, 5.74) is -0.366.